The van der Waals surface area contributed by atoms with Crippen LogP contribution in [0.4, 0.5) is 0 Å². The van der Waals surface area contributed by atoms with Crippen LogP contribution < -0.4 is 9.13 Å². The largest absolute Gasteiger partial charge is 0.205 e. The van der Waals surface area contributed by atoms with Crippen LogP contribution in [0.3, 0.4) is 0 Å². The fourth-order valence-corrected chi connectivity index (χ4v) is 2.52. The van der Waals surface area contributed by atoms with Crippen molar-refractivity contribution in [1.82, 2.24) is 0 Å². The number of rotatable bonds is 7. The summed E-state index contributed by atoms with van der Waals surface area (Å²) in [4.78, 5) is 0. The van der Waals surface area contributed by atoms with Crippen LogP contribution in [0.15, 0.2) is 49.1 Å². The van der Waals surface area contributed by atoms with Crippen molar-refractivity contribution in [2.24, 2.45) is 11.8 Å². The van der Waals surface area contributed by atoms with Gasteiger partial charge in [-0.1, -0.05) is 27.7 Å². The first-order chi connectivity index (χ1) is 10.6. The summed E-state index contributed by atoms with van der Waals surface area (Å²) in [5, 5.41) is 0. The zero-order valence-electron chi connectivity index (χ0n) is 14.5. The van der Waals surface area contributed by atoms with Gasteiger partial charge in [0.1, 0.15) is 0 Å². The lowest BCUT2D eigenvalue weighted by Crippen LogP contribution is -2.36. The topological polar surface area (TPSA) is 7.76 Å². The molecular weight excluding hydrogens is 268 g/mol. The predicted octanol–water partition coefficient (Wildman–Crippen LogP) is 4.02. The summed E-state index contributed by atoms with van der Waals surface area (Å²) < 4.78 is 4.56. The molecule has 22 heavy (non-hydrogen) atoms. The fourth-order valence-electron chi connectivity index (χ4n) is 2.52. The molecule has 2 nitrogen and oxygen atoms in total. The number of hydrogen-bond donors (Lipinski definition) is 0. The molecule has 0 aromatic carbocycles. The second-order valence-corrected chi connectivity index (χ2v) is 6.59. The maximum atomic E-state index is 2.30. The maximum absolute atomic E-state index is 2.30. The Bertz CT molecular complexity index is 504. The highest BCUT2D eigenvalue weighted by atomic mass is 14.9. The Morgan fingerprint density at radius 2 is 1.00 bits per heavy atom. The first-order valence-corrected chi connectivity index (χ1v) is 8.61. The molecule has 0 fully saturated rings. The van der Waals surface area contributed by atoms with Crippen LogP contribution in [0.2, 0.25) is 0 Å². The molecule has 2 unspecified atom stereocenters. The first-order valence-electron chi connectivity index (χ1n) is 8.61. The maximum Gasteiger partial charge on any atom is 0.169 e. The van der Waals surface area contributed by atoms with Crippen molar-refractivity contribution in [3.63, 3.8) is 0 Å². The van der Waals surface area contributed by atoms with E-state index >= 15 is 0 Å². The minimum Gasteiger partial charge on any atom is -0.205 e. The van der Waals surface area contributed by atoms with Gasteiger partial charge < -0.3 is 0 Å². The molecule has 0 saturated heterocycles. The van der Waals surface area contributed by atoms with Gasteiger partial charge in [0.15, 0.2) is 37.9 Å². The summed E-state index contributed by atoms with van der Waals surface area (Å²) in [6.45, 7) is 11.3. The van der Waals surface area contributed by atoms with Crippen LogP contribution in [0.5, 0.6) is 0 Å². The van der Waals surface area contributed by atoms with Crippen LogP contribution in [-0.2, 0) is 13.1 Å². The van der Waals surface area contributed by atoms with E-state index in [1.54, 1.807) is 0 Å². The van der Waals surface area contributed by atoms with E-state index in [9.17, 15) is 0 Å². The van der Waals surface area contributed by atoms with Gasteiger partial charge in [0.05, 0.1) is 0 Å². The third-order valence-electron chi connectivity index (χ3n) is 4.55. The van der Waals surface area contributed by atoms with E-state index in [1.165, 1.54) is 24.0 Å². The number of pyridine rings is 2. The van der Waals surface area contributed by atoms with Crippen molar-refractivity contribution in [3.8, 4) is 11.1 Å². The van der Waals surface area contributed by atoms with Gasteiger partial charge >= 0.3 is 0 Å². The normalized spacial score (nSPS) is 13.8. The highest BCUT2D eigenvalue weighted by molar-refractivity contribution is 5.60. The second kappa shape index (κ2) is 8.07. The van der Waals surface area contributed by atoms with E-state index in [4.69, 9.17) is 0 Å². The Morgan fingerprint density at radius 1 is 0.682 bits per heavy atom. The molecule has 2 heterocycles. The Labute approximate surface area is 135 Å². The van der Waals surface area contributed by atoms with Gasteiger partial charge in [-0.3, -0.25) is 0 Å². The first kappa shape index (κ1) is 16.7. The molecule has 2 aromatic heterocycles. The van der Waals surface area contributed by atoms with E-state index in [1.807, 2.05) is 0 Å². The molecular formula is C20H30N2+2. The molecule has 0 saturated carbocycles. The van der Waals surface area contributed by atoms with Gasteiger partial charge in [0, 0.05) is 36.1 Å². The third kappa shape index (κ3) is 4.66. The minimum atomic E-state index is 0.729. The summed E-state index contributed by atoms with van der Waals surface area (Å²) in [7, 11) is 0. The van der Waals surface area contributed by atoms with Crippen LogP contribution in [0.25, 0.3) is 11.1 Å². The lowest BCUT2D eigenvalue weighted by atomic mass is 10.1. The molecule has 2 rings (SSSR count). The SMILES string of the molecule is CCC(C)C[n+]1ccc(-c2cc[n+](CC(C)CC)cc2)cc1. The Morgan fingerprint density at radius 3 is 1.27 bits per heavy atom. The fraction of sp³-hybridized carbons (Fsp3) is 0.500. The van der Waals surface area contributed by atoms with Gasteiger partial charge in [-0.15, -0.1) is 0 Å². The van der Waals surface area contributed by atoms with Crippen molar-refractivity contribution in [2.45, 2.75) is 53.6 Å². The van der Waals surface area contributed by atoms with Crippen LogP contribution in [0, 0.1) is 11.8 Å². The van der Waals surface area contributed by atoms with E-state index in [2.05, 4.69) is 85.9 Å². The predicted molar refractivity (Wildman–Crippen MR) is 91.2 cm³/mol. The number of aromatic nitrogens is 2. The second-order valence-electron chi connectivity index (χ2n) is 6.59. The molecule has 0 radical (unpaired) electrons. The van der Waals surface area contributed by atoms with Crippen molar-refractivity contribution < 1.29 is 9.13 Å². The molecule has 118 valence electrons. The molecule has 0 aliphatic rings. The Hall–Kier alpha value is -1.70. The van der Waals surface area contributed by atoms with Crippen LogP contribution >= 0.6 is 0 Å². The minimum absolute atomic E-state index is 0.729. The summed E-state index contributed by atoms with van der Waals surface area (Å²) in [5.74, 6) is 1.46. The lowest BCUT2D eigenvalue weighted by Gasteiger charge is -2.06. The summed E-state index contributed by atoms with van der Waals surface area (Å²) in [6, 6.07) is 8.88. The average molecular weight is 298 g/mol. The molecule has 0 amide bonds. The number of hydrogen-bond acceptors (Lipinski definition) is 0. The summed E-state index contributed by atoms with van der Waals surface area (Å²) in [6.07, 6.45) is 11.2. The van der Waals surface area contributed by atoms with Gasteiger partial charge in [0.2, 0.25) is 0 Å². The molecule has 0 bridgehead atoms. The highest BCUT2D eigenvalue weighted by Crippen LogP contribution is 2.16. The van der Waals surface area contributed by atoms with Crippen LogP contribution in [0.1, 0.15) is 40.5 Å². The molecule has 2 atom stereocenters. The zero-order chi connectivity index (χ0) is 15.9. The summed E-state index contributed by atoms with van der Waals surface area (Å²) >= 11 is 0. The van der Waals surface area contributed by atoms with Crippen molar-refractivity contribution in [2.75, 3.05) is 0 Å². The Kier molecular flexibility index (Phi) is 6.11. The molecule has 2 heteroatoms. The smallest absolute Gasteiger partial charge is 0.169 e. The summed E-state index contributed by atoms with van der Waals surface area (Å²) in [5.41, 5.74) is 2.58. The molecule has 0 spiro atoms. The molecule has 0 aliphatic carbocycles. The van der Waals surface area contributed by atoms with Crippen molar-refractivity contribution >= 4 is 0 Å². The standard InChI is InChI=1S/C20H30N2/c1-5-17(3)15-21-11-7-19(8-12-21)20-9-13-22(14-10-20)16-18(4)6-2/h7-14,17-18H,5-6,15-16H2,1-4H3/q+2. The number of nitrogens with zero attached hydrogens (tertiary/aromatic N) is 2. The molecule has 2 aromatic rings. The third-order valence-corrected chi connectivity index (χ3v) is 4.55. The van der Waals surface area contributed by atoms with Gasteiger partial charge in [0.25, 0.3) is 0 Å². The monoisotopic (exact) mass is 298 g/mol. The Balaban J connectivity index is 2.05. The van der Waals surface area contributed by atoms with E-state index in [-0.39, 0.29) is 0 Å². The van der Waals surface area contributed by atoms with Gasteiger partial charge in [-0.05, 0) is 24.0 Å². The molecule has 0 N–H and O–H groups in total. The van der Waals surface area contributed by atoms with Crippen molar-refractivity contribution in [3.05, 3.63) is 49.1 Å². The van der Waals surface area contributed by atoms with E-state index in [0.717, 1.165) is 24.9 Å². The van der Waals surface area contributed by atoms with Gasteiger partial charge in [-0.2, -0.15) is 0 Å². The lowest BCUT2D eigenvalue weighted by molar-refractivity contribution is -0.703. The van der Waals surface area contributed by atoms with Gasteiger partial charge in [-0.25, -0.2) is 9.13 Å². The average Bonchev–Trinajstić information content (AvgIpc) is 2.56. The quantitative estimate of drug-likeness (QED) is 0.682. The highest BCUT2D eigenvalue weighted by Gasteiger charge is 2.10. The van der Waals surface area contributed by atoms with E-state index < -0.39 is 0 Å². The molecule has 0 aliphatic heterocycles. The zero-order valence-corrected chi connectivity index (χ0v) is 14.5. The van der Waals surface area contributed by atoms with Crippen molar-refractivity contribution in [1.29, 1.82) is 0 Å². The van der Waals surface area contributed by atoms with Crippen LogP contribution in [-0.4, -0.2) is 0 Å². The van der Waals surface area contributed by atoms with E-state index in [0.29, 0.717) is 0 Å².